The van der Waals surface area contributed by atoms with Gasteiger partial charge in [0, 0.05) is 23.7 Å². The Bertz CT molecular complexity index is 1190. The maximum Gasteiger partial charge on any atom is 0.419 e. The molecule has 4 atom stereocenters. The third-order valence-corrected chi connectivity index (χ3v) is 7.66. The van der Waals surface area contributed by atoms with Gasteiger partial charge >= 0.3 is 6.09 Å². The lowest BCUT2D eigenvalue weighted by molar-refractivity contribution is -0.148. The number of imidazole rings is 1. The zero-order valence-electron chi connectivity index (χ0n) is 19.6. The summed E-state index contributed by atoms with van der Waals surface area (Å²) < 4.78 is 6.22. The second-order valence-corrected chi connectivity index (χ2v) is 9.69. The van der Waals surface area contributed by atoms with Gasteiger partial charge in [-0.2, -0.15) is 0 Å². The minimum atomic E-state index is -0.776. The number of allylic oxidation sites excluding steroid dienone is 1. The third kappa shape index (κ3) is 2.99. The topological polar surface area (TPSA) is 106 Å². The van der Waals surface area contributed by atoms with E-state index >= 15 is 0 Å². The third-order valence-electron chi connectivity index (χ3n) is 7.66. The molecule has 1 aromatic carbocycles. The molecule has 2 amide bonds. The van der Waals surface area contributed by atoms with Gasteiger partial charge in [-0.05, 0) is 30.4 Å². The fraction of sp³-hybridized carbons (Fsp3) is 0.440. The van der Waals surface area contributed by atoms with Gasteiger partial charge in [0.05, 0.1) is 12.3 Å². The highest BCUT2D eigenvalue weighted by Crippen LogP contribution is 2.60. The highest BCUT2D eigenvalue weighted by Gasteiger charge is 2.67. The van der Waals surface area contributed by atoms with Gasteiger partial charge in [-0.15, -0.1) is 6.58 Å². The summed E-state index contributed by atoms with van der Waals surface area (Å²) in [6.07, 6.45) is 4.57. The number of carbonyl (C=O) groups is 3. The lowest BCUT2D eigenvalue weighted by Gasteiger charge is -2.44. The molecule has 178 valence electrons. The number of piperazine rings is 1. The zero-order valence-corrected chi connectivity index (χ0v) is 19.6. The maximum atomic E-state index is 13.8. The molecule has 9 heteroatoms. The fourth-order valence-electron chi connectivity index (χ4n) is 5.80. The van der Waals surface area contributed by atoms with E-state index in [1.807, 2.05) is 24.3 Å². The van der Waals surface area contributed by atoms with Gasteiger partial charge in [-0.3, -0.25) is 9.59 Å². The molecular formula is C25H29N5O4. The minimum absolute atomic E-state index is 0.165. The first-order valence-corrected chi connectivity index (χ1v) is 11.6. The van der Waals surface area contributed by atoms with Crippen molar-refractivity contribution in [1.82, 2.24) is 19.8 Å². The molecule has 5 rings (SSSR count). The van der Waals surface area contributed by atoms with Crippen LogP contribution < -0.4 is 10.6 Å². The molecule has 1 unspecified atom stereocenters. The van der Waals surface area contributed by atoms with Crippen LogP contribution in [0, 0.1) is 5.41 Å². The Kier molecular flexibility index (Phi) is 5.03. The number of ether oxygens (including phenoxy) is 1. The fourth-order valence-corrected chi connectivity index (χ4v) is 5.80. The van der Waals surface area contributed by atoms with Crippen molar-refractivity contribution in [1.29, 1.82) is 0 Å². The van der Waals surface area contributed by atoms with E-state index in [-0.39, 0.29) is 36.4 Å². The van der Waals surface area contributed by atoms with Crippen LogP contribution in [0.2, 0.25) is 0 Å². The van der Waals surface area contributed by atoms with Gasteiger partial charge < -0.3 is 20.3 Å². The molecule has 0 spiro atoms. The van der Waals surface area contributed by atoms with E-state index in [1.54, 1.807) is 11.8 Å². The number of nitrogens with zero attached hydrogens (tertiary/aromatic N) is 3. The molecule has 2 fully saturated rings. The predicted octanol–water partition coefficient (Wildman–Crippen LogP) is 2.43. The van der Waals surface area contributed by atoms with Gasteiger partial charge in [0.1, 0.15) is 24.6 Å². The first-order valence-electron chi connectivity index (χ1n) is 11.6. The van der Waals surface area contributed by atoms with Crippen LogP contribution in [0.25, 0.3) is 0 Å². The Morgan fingerprint density at radius 1 is 1.32 bits per heavy atom. The highest BCUT2D eigenvalue weighted by molar-refractivity contribution is 5.99. The van der Waals surface area contributed by atoms with Crippen molar-refractivity contribution in [3.63, 3.8) is 0 Å². The van der Waals surface area contributed by atoms with E-state index in [1.165, 1.54) is 17.1 Å². The van der Waals surface area contributed by atoms with Crippen molar-refractivity contribution < 1.29 is 19.1 Å². The van der Waals surface area contributed by atoms with Gasteiger partial charge in [0.2, 0.25) is 11.8 Å². The molecular weight excluding hydrogens is 434 g/mol. The summed E-state index contributed by atoms with van der Waals surface area (Å²) in [6, 6.07) is 6.69. The molecule has 2 N–H and O–H groups in total. The smallest absolute Gasteiger partial charge is 0.419 e. The van der Waals surface area contributed by atoms with Gasteiger partial charge in [0.15, 0.2) is 0 Å². The second-order valence-electron chi connectivity index (χ2n) is 9.69. The van der Waals surface area contributed by atoms with Gasteiger partial charge in [-0.1, -0.05) is 38.1 Å². The zero-order chi connectivity index (χ0) is 24.3. The van der Waals surface area contributed by atoms with Crippen LogP contribution in [0.15, 0.2) is 49.4 Å². The maximum absolute atomic E-state index is 13.8. The van der Waals surface area contributed by atoms with Crippen LogP contribution in [-0.2, 0) is 26.2 Å². The molecule has 9 nitrogen and oxygen atoms in total. The number of carbonyl (C=O) groups excluding carboxylic acids is 3. The van der Waals surface area contributed by atoms with Crippen molar-refractivity contribution >= 4 is 23.6 Å². The SMILES string of the molecule is C=CC(C)(C)[C@@]12C[C@H]3C(=O)N[C@@H](Cc4cn(C(=O)OCC)cn4)C(=O)N3C1Nc1ccccc12. The van der Waals surface area contributed by atoms with Crippen LogP contribution in [0.4, 0.5) is 10.5 Å². The van der Waals surface area contributed by atoms with E-state index in [2.05, 4.69) is 42.1 Å². The largest absolute Gasteiger partial charge is 0.449 e. The number of para-hydroxylation sites is 1. The normalized spacial score (nSPS) is 27.4. The summed E-state index contributed by atoms with van der Waals surface area (Å²) in [7, 11) is 0. The molecule has 0 aliphatic carbocycles. The number of amides is 2. The van der Waals surface area contributed by atoms with Crippen LogP contribution >= 0.6 is 0 Å². The average molecular weight is 464 g/mol. The molecule has 3 aliphatic heterocycles. The summed E-state index contributed by atoms with van der Waals surface area (Å²) >= 11 is 0. The van der Waals surface area contributed by atoms with Gasteiger partial charge in [0.25, 0.3) is 0 Å². The molecule has 0 bridgehead atoms. The summed E-state index contributed by atoms with van der Waals surface area (Å²) in [6.45, 7) is 10.3. The summed E-state index contributed by atoms with van der Waals surface area (Å²) in [5.74, 6) is -0.343. The number of benzene rings is 1. The number of hydrogen-bond acceptors (Lipinski definition) is 6. The first kappa shape index (κ1) is 22.2. The number of aromatic nitrogens is 2. The first-order chi connectivity index (χ1) is 16.2. The molecule has 3 aliphatic rings. The second kappa shape index (κ2) is 7.72. The lowest BCUT2D eigenvalue weighted by atomic mass is 9.60. The Balaban J connectivity index is 1.47. The Hall–Kier alpha value is -3.62. The van der Waals surface area contributed by atoms with Crippen LogP contribution in [0.5, 0.6) is 0 Å². The molecule has 2 saturated heterocycles. The minimum Gasteiger partial charge on any atom is -0.449 e. The average Bonchev–Trinajstić information content (AvgIpc) is 3.50. The molecule has 0 radical (unpaired) electrons. The molecule has 2 aromatic rings. The van der Waals surface area contributed by atoms with Crippen molar-refractivity contribution in [3.05, 3.63) is 60.7 Å². The van der Waals surface area contributed by atoms with Crippen molar-refractivity contribution in [2.75, 3.05) is 11.9 Å². The van der Waals surface area contributed by atoms with Crippen LogP contribution in [0.3, 0.4) is 0 Å². The van der Waals surface area contributed by atoms with Crippen LogP contribution in [-0.4, -0.2) is 57.2 Å². The molecule has 0 saturated carbocycles. The lowest BCUT2D eigenvalue weighted by Crippen LogP contribution is -2.65. The van der Waals surface area contributed by atoms with Crippen molar-refractivity contribution in [3.8, 4) is 0 Å². The number of hydrogen-bond donors (Lipinski definition) is 2. The predicted molar refractivity (Wildman–Crippen MR) is 125 cm³/mol. The Labute approximate surface area is 198 Å². The Morgan fingerprint density at radius 3 is 2.82 bits per heavy atom. The Morgan fingerprint density at radius 2 is 2.09 bits per heavy atom. The monoisotopic (exact) mass is 463 g/mol. The molecule has 1 aromatic heterocycles. The molecule has 34 heavy (non-hydrogen) atoms. The highest BCUT2D eigenvalue weighted by atomic mass is 16.5. The molecule has 4 heterocycles. The van der Waals surface area contributed by atoms with E-state index in [4.69, 9.17) is 4.74 Å². The number of anilines is 1. The van der Waals surface area contributed by atoms with Crippen molar-refractivity contribution in [2.24, 2.45) is 5.41 Å². The van der Waals surface area contributed by atoms with Crippen molar-refractivity contribution in [2.45, 2.75) is 57.3 Å². The quantitative estimate of drug-likeness (QED) is 0.660. The van der Waals surface area contributed by atoms with Gasteiger partial charge in [-0.25, -0.2) is 14.3 Å². The van der Waals surface area contributed by atoms with Crippen LogP contribution in [0.1, 0.15) is 38.4 Å². The number of fused-ring (bicyclic) bond motifs is 5. The number of nitrogens with one attached hydrogen (secondary N) is 2. The van der Waals surface area contributed by atoms with E-state index < -0.39 is 23.6 Å². The van der Waals surface area contributed by atoms with E-state index in [0.29, 0.717) is 12.1 Å². The van der Waals surface area contributed by atoms with E-state index in [9.17, 15) is 14.4 Å². The standard InChI is InChI=1S/C25H29N5O4/c1-5-24(3,4)25-12-19-20(31)27-18(11-15-13-29(14-26-15)23(33)34-6-2)21(32)30(19)22(25)28-17-10-8-7-9-16(17)25/h5,7-10,13-14,18-19,22,28H,1,6,11-12H2,2-4H3,(H,27,31)/t18-,19-,22?,25+/m0/s1. The summed E-state index contributed by atoms with van der Waals surface area (Å²) in [4.78, 5) is 44.9. The summed E-state index contributed by atoms with van der Waals surface area (Å²) in [5.41, 5.74) is 1.71. The number of rotatable bonds is 5. The van der Waals surface area contributed by atoms with E-state index in [0.717, 1.165) is 11.3 Å². The summed E-state index contributed by atoms with van der Waals surface area (Å²) in [5, 5.41) is 6.44.